The highest BCUT2D eigenvalue weighted by atomic mass is 19.4. The molecule has 0 aromatic heterocycles. The third-order valence-electron chi connectivity index (χ3n) is 3.51. The van der Waals surface area contributed by atoms with Gasteiger partial charge < -0.3 is 9.47 Å². The predicted molar refractivity (Wildman–Crippen MR) is 70.7 cm³/mol. The average Bonchev–Trinajstić information content (AvgIpc) is 3.18. The van der Waals surface area contributed by atoms with Gasteiger partial charge in [-0.15, -0.1) is 0 Å². The minimum atomic E-state index is -5.38. The van der Waals surface area contributed by atoms with Crippen LogP contribution >= 0.6 is 0 Å². The number of carbonyl (C=O) groups excluding carboxylic acids is 1. The van der Waals surface area contributed by atoms with Gasteiger partial charge in [0.15, 0.2) is 18.4 Å². The molecule has 1 rings (SSSR count). The second kappa shape index (κ2) is 8.34. The zero-order valence-electron chi connectivity index (χ0n) is 13.1. The van der Waals surface area contributed by atoms with Crippen molar-refractivity contribution in [2.24, 2.45) is 11.8 Å². The topological polar surface area (TPSA) is 62.9 Å². The van der Waals surface area contributed by atoms with Crippen molar-refractivity contribution in [3.63, 3.8) is 0 Å². The Hall–Kier alpha value is -1.07. The molecule has 5 nitrogen and oxygen atoms in total. The van der Waals surface area contributed by atoms with Gasteiger partial charge in [-0.2, -0.15) is 26.3 Å². The number of epoxide rings is 1. The molecule has 0 spiro atoms. The summed E-state index contributed by atoms with van der Waals surface area (Å²) in [5.74, 6) is -4.06. The Morgan fingerprint density at radius 1 is 1.12 bits per heavy atom. The van der Waals surface area contributed by atoms with Gasteiger partial charge in [-0.1, -0.05) is 13.8 Å². The first-order valence-corrected chi connectivity index (χ1v) is 7.39. The maximum absolute atomic E-state index is 12.3. The molecule has 1 saturated heterocycles. The monoisotopic (exact) mass is 366 g/mol. The Morgan fingerprint density at radius 3 is 2.17 bits per heavy atom. The van der Waals surface area contributed by atoms with Gasteiger partial charge in [0, 0.05) is 13.1 Å². The zero-order chi connectivity index (χ0) is 18.5. The minimum absolute atomic E-state index is 0.0312. The van der Waals surface area contributed by atoms with E-state index in [4.69, 9.17) is 9.47 Å². The van der Waals surface area contributed by atoms with Gasteiger partial charge in [0.1, 0.15) is 6.61 Å². The van der Waals surface area contributed by atoms with Crippen LogP contribution in [-0.2, 0) is 14.3 Å². The fourth-order valence-electron chi connectivity index (χ4n) is 1.74. The molecule has 0 radical (unpaired) electrons. The Labute approximate surface area is 135 Å². The van der Waals surface area contributed by atoms with E-state index in [1.165, 1.54) is 0 Å². The molecule has 24 heavy (non-hydrogen) atoms. The first kappa shape index (κ1) is 21.0. The van der Waals surface area contributed by atoms with Gasteiger partial charge in [0.05, 0.1) is 5.92 Å². The summed E-state index contributed by atoms with van der Waals surface area (Å²) in [6, 6.07) is 0. The van der Waals surface area contributed by atoms with Crippen LogP contribution in [0.5, 0.6) is 0 Å². The standard InChI is InChI=1S/C13H20F6N2O3/c1-3-7(2)11(22)23-5-4-20-9-10(24-9)21-6-8(12(14,15)16)13(17,18)19/h7-10,20-21H,3-6H2,1-2H3. The molecular formula is C13H20F6N2O3. The largest absolute Gasteiger partial charge is 0.464 e. The Bertz CT molecular complexity index is 401. The first-order valence-electron chi connectivity index (χ1n) is 7.39. The molecule has 0 amide bonds. The van der Waals surface area contributed by atoms with Crippen LogP contribution in [0.15, 0.2) is 0 Å². The Morgan fingerprint density at radius 2 is 1.67 bits per heavy atom. The number of rotatable bonds is 9. The molecular weight excluding hydrogens is 346 g/mol. The van der Waals surface area contributed by atoms with Crippen molar-refractivity contribution in [1.82, 2.24) is 10.6 Å². The van der Waals surface area contributed by atoms with Gasteiger partial charge >= 0.3 is 18.3 Å². The summed E-state index contributed by atoms with van der Waals surface area (Å²) in [6.45, 7) is 2.42. The lowest BCUT2D eigenvalue weighted by Gasteiger charge is -2.22. The van der Waals surface area contributed by atoms with E-state index in [0.717, 1.165) is 0 Å². The molecule has 142 valence electrons. The van der Waals surface area contributed by atoms with Gasteiger partial charge in [-0.05, 0) is 6.42 Å². The van der Waals surface area contributed by atoms with Crippen molar-refractivity contribution in [1.29, 1.82) is 0 Å². The lowest BCUT2D eigenvalue weighted by Crippen LogP contribution is -2.45. The lowest BCUT2D eigenvalue weighted by molar-refractivity contribution is -0.282. The van der Waals surface area contributed by atoms with Crippen LogP contribution in [0.3, 0.4) is 0 Å². The van der Waals surface area contributed by atoms with Crippen LogP contribution in [0.25, 0.3) is 0 Å². The van der Waals surface area contributed by atoms with Crippen molar-refractivity contribution >= 4 is 5.97 Å². The number of alkyl halides is 6. The molecule has 0 aliphatic carbocycles. The van der Waals surface area contributed by atoms with Gasteiger partial charge in [0.2, 0.25) is 0 Å². The van der Waals surface area contributed by atoms with Crippen LogP contribution in [0.4, 0.5) is 26.3 Å². The van der Waals surface area contributed by atoms with Crippen molar-refractivity contribution in [3.05, 3.63) is 0 Å². The van der Waals surface area contributed by atoms with Crippen LogP contribution in [-0.4, -0.2) is 50.5 Å². The molecule has 1 heterocycles. The van der Waals surface area contributed by atoms with Gasteiger partial charge in [-0.25, -0.2) is 0 Å². The van der Waals surface area contributed by atoms with Crippen molar-refractivity contribution in [3.8, 4) is 0 Å². The van der Waals surface area contributed by atoms with Gasteiger partial charge in [-0.3, -0.25) is 15.4 Å². The third kappa shape index (κ3) is 6.81. The number of hydrogen-bond donors (Lipinski definition) is 2. The van der Waals surface area contributed by atoms with E-state index in [0.29, 0.717) is 6.42 Å². The predicted octanol–water partition coefficient (Wildman–Crippen LogP) is 2.18. The number of ether oxygens (including phenoxy) is 2. The molecule has 1 aliphatic rings. The molecule has 0 aromatic rings. The molecule has 11 heteroatoms. The van der Waals surface area contributed by atoms with Gasteiger partial charge in [0.25, 0.3) is 0 Å². The summed E-state index contributed by atoms with van der Waals surface area (Å²) in [7, 11) is 0. The average molecular weight is 366 g/mol. The maximum atomic E-state index is 12.3. The van der Waals surface area contributed by atoms with Crippen LogP contribution in [0.1, 0.15) is 20.3 Å². The van der Waals surface area contributed by atoms with Crippen molar-refractivity contribution < 1.29 is 40.6 Å². The van der Waals surface area contributed by atoms with E-state index < -0.39 is 37.3 Å². The Kier molecular flexibility index (Phi) is 7.29. The zero-order valence-corrected chi connectivity index (χ0v) is 13.1. The van der Waals surface area contributed by atoms with Crippen molar-refractivity contribution in [2.75, 3.05) is 19.7 Å². The van der Waals surface area contributed by atoms with Crippen LogP contribution in [0, 0.1) is 11.8 Å². The smallest absolute Gasteiger partial charge is 0.401 e. The number of hydrogen-bond acceptors (Lipinski definition) is 5. The molecule has 0 bridgehead atoms. The van der Waals surface area contributed by atoms with E-state index in [-0.39, 0.29) is 25.0 Å². The summed E-state index contributed by atoms with van der Waals surface area (Å²) in [5.41, 5.74) is 0. The SMILES string of the molecule is CCC(C)C(=O)OCCNC1OC1NCC(C(F)(F)F)C(F)(F)F. The lowest BCUT2D eigenvalue weighted by atomic mass is 10.1. The summed E-state index contributed by atoms with van der Waals surface area (Å²) in [4.78, 5) is 11.4. The summed E-state index contributed by atoms with van der Waals surface area (Å²) in [5, 5.41) is 4.76. The van der Waals surface area contributed by atoms with E-state index in [9.17, 15) is 31.1 Å². The quantitative estimate of drug-likeness (QED) is 0.284. The maximum Gasteiger partial charge on any atom is 0.401 e. The highest BCUT2D eigenvalue weighted by Gasteiger charge is 2.57. The number of esters is 1. The summed E-state index contributed by atoms with van der Waals surface area (Å²) in [6.07, 6.45) is -11.8. The molecule has 0 aromatic carbocycles. The Balaban J connectivity index is 2.22. The second-order valence-corrected chi connectivity index (χ2v) is 5.45. The summed E-state index contributed by atoms with van der Waals surface area (Å²) >= 11 is 0. The van der Waals surface area contributed by atoms with E-state index >= 15 is 0 Å². The molecule has 1 fully saturated rings. The number of halogens is 6. The molecule has 2 N–H and O–H groups in total. The minimum Gasteiger partial charge on any atom is -0.464 e. The van der Waals surface area contributed by atoms with Crippen molar-refractivity contribution in [2.45, 2.75) is 45.1 Å². The molecule has 0 saturated carbocycles. The molecule has 1 aliphatic heterocycles. The number of carbonyl (C=O) groups is 1. The molecule has 3 unspecified atom stereocenters. The van der Waals surface area contributed by atoms with E-state index in [2.05, 4.69) is 10.6 Å². The fourth-order valence-corrected chi connectivity index (χ4v) is 1.74. The van der Waals surface area contributed by atoms with Crippen LogP contribution < -0.4 is 10.6 Å². The van der Waals surface area contributed by atoms with Crippen LogP contribution in [0.2, 0.25) is 0 Å². The fraction of sp³-hybridized carbons (Fsp3) is 0.923. The number of nitrogens with one attached hydrogen (secondary N) is 2. The molecule has 3 atom stereocenters. The van der Waals surface area contributed by atoms with E-state index in [1.54, 1.807) is 6.92 Å². The first-order chi connectivity index (χ1) is 11.0. The highest BCUT2D eigenvalue weighted by Crippen LogP contribution is 2.39. The van der Waals surface area contributed by atoms with E-state index in [1.807, 2.05) is 6.92 Å². The third-order valence-corrected chi connectivity index (χ3v) is 3.51. The second-order valence-electron chi connectivity index (χ2n) is 5.45. The summed E-state index contributed by atoms with van der Waals surface area (Å²) < 4.78 is 83.8. The highest BCUT2D eigenvalue weighted by molar-refractivity contribution is 5.71. The normalized spacial score (nSPS) is 22.5.